The Kier molecular flexibility index (Phi) is 5.12. The van der Waals surface area contributed by atoms with E-state index in [-0.39, 0.29) is 0 Å². The zero-order chi connectivity index (χ0) is 14.4. The van der Waals surface area contributed by atoms with E-state index in [4.69, 9.17) is 9.26 Å². The monoisotopic (exact) mass is 275 g/mol. The average Bonchev–Trinajstić information content (AvgIpc) is 2.82. The van der Waals surface area contributed by atoms with Crippen LogP contribution in [0, 0.1) is 12.8 Å². The van der Waals surface area contributed by atoms with Crippen molar-refractivity contribution in [3.63, 3.8) is 0 Å². The number of aromatic nitrogens is 2. The zero-order valence-electron chi connectivity index (χ0n) is 12.2. The van der Waals surface area contributed by atoms with Crippen LogP contribution >= 0.6 is 0 Å². The van der Waals surface area contributed by atoms with Gasteiger partial charge in [0, 0.05) is 6.54 Å². The highest BCUT2D eigenvalue weighted by Gasteiger charge is 2.04. The lowest BCUT2D eigenvalue weighted by Crippen LogP contribution is -2.18. The summed E-state index contributed by atoms with van der Waals surface area (Å²) in [4.78, 5) is 4.10. The van der Waals surface area contributed by atoms with Gasteiger partial charge in [-0.1, -0.05) is 31.1 Å². The molecule has 0 saturated carbocycles. The number of ether oxygens (including phenoxy) is 1. The van der Waals surface area contributed by atoms with E-state index in [1.807, 2.05) is 18.2 Å². The minimum absolute atomic E-state index is 0.295. The van der Waals surface area contributed by atoms with Crippen LogP contribution in [0.3, 0.4) is 0 Å². The van der Waals surface area contributed by atoms with E-state index in [1.54, 1.807) is 6.92 Å². The van der Waals surface area contributed by atoms with Crippen molar-refractivity contribution in [2.45, 2.75) is 33.9 Å². The second kappa shape index (κ2) is 7.05. The summed E-state index contributed by atoms with van der Waals surface area (Å²) >= 11 is 0. The number of benzene rings is 1. The molecule has 20 heavy (non-hydrogen) atoms. The normalized spacial score (nSPS) is 11.0. The third kappa shape index (κ3) is 4.66. The second-order valence-corrected chi connectivity index (χ2v) is 5.20. The van der Waals surface area contributed by atoms with Gasteiger partial charge in [-0.3, -0.25) is 0 Å². The molecule has 0 saturated heterocycles. The summed E-state index contributed by atoms with van der Waals surface area (Å²) in [5.74, 6) is 2.57. The molecule has 0 radical (unpaired) electrons. The van der Waals surface area contributed by atoms with Gasteiger partial charge in [0.15, 0.2) is 12.4 Å². The molecule has 0 aliphatic carbocycles. The molecular formula is C15H21N3O2. The molecular weight excluding hydrogens is 254 g/mol. The SMILES string of the molecule is Cc1noc(COc2cccc(CNCC(C)C)c2)n1. The smallest absolute Gasteiger partial charge is 0.264 e. The van der Waals surface area contributed by atoms with Gasteiger partial charge in [-0.2, -0.15) is 4.98 Å². The van der Waals surface area contributed by atoms with Crippen LogP contribution in [0.15, 0.2) is 28.8 Å². The van der Waals surface area contributed by atoms with Crippen LogP contribution in [0.4, 0.5) is 0 Å². The van der Waals surface area contributed by atoms with Crippen molar-refractivity contribution in [2.75, 3.05) is 6.54 Å². The molecule has 1 aromatic heterocycles. The highest BCUT2D eigenvalue weighted by Crippen LogP contribution is 2.14. The van der Waals surface area contributed by atoms with Crippen molar-refractivity contribution < 1.29 is 9.26 Å². The first-order valence-electron chi connectivity index (χ1n) is 6.85. The molecule has 2 aromatic rings. The summed E-state index contributed by atoms with van der Waals surface area (Å²) in [6.07, 6.45) is 0. The van der Waals surface area contributed by atoms with Gasteiger partial charge in [0.25, 0.3) is 5.89 Å². The summed E-state index contributed by atoms with van der Waals surface area (Å²) < 4.78 is 10.7. The number of hydrogen-bond acceptors (Lipinski definition) is 5. The summed E-state index contributed by atoms with van der Waals surface area (Å²) in [7, 11) is 0. The maximum atomic E-state index is 5.65. The van der Waals surface area contributed by atoms with Gasteiger partial charge in [-0.25, -0.2) is 0 Å². The van der Waals surface area contributed by atoms with Crippen molar-refractivity contribution in [3.05, 3.63) is 41.5 Å². The Labute approximate surface area is 119 Å². The van der Waals surface area contributed by atoms with Crippen molar-refractivity contribution in [3.8, 4) is 5.75 Å². The van der Waals surface area contributed by atoms with Crippen LogP contribution in [0.5, 0.6) is 5.75 Å². The van der Waals surface area contributed by atoms with Crippen molar-refractivity contribution >= 4 is 0 Å². The lowest BCUT2D eigenvalue weighted by atomic mass is 10.2. The van der Waals surface area contributed by atoms with Crippen LogP contribution in [-0.4, -0.2) is 16.7 Å². The number of nitrogens with zero attached hydrogens (tertiary/aromatic N) is 2. The average molecular weight is 275 g/mol. The van der Waals surface area contributed by atoms with E-state index in [1.165, 1.54) is 5.56 Å². The van der Waals surface area contributed by atoms with Gasteiger partial charge in [-0.05, 0) is 37.1 Å². The molecule has 0 fully saturated rings. The van der Waals surface area contributed by atoms with Crippen molar-refractivity contribution in [2.24, 2.45) is 5.92 Å². The Hall–Kier alpha value is -1.88. The topological polar surface area (TPSA) is 60.2 Å². The molecule has 0 aliphatic heterocycles. The van der Waals surface area contributed by atoms with Gasteiger partial charge < -0.3 is 14.6 Å². The summed E-state index contributed by atoms with van der Waals surface area (Å²) in [6.45, 7) is 8.32. The van der Waals surface area contributed by atoms with E-state index < -0.39 is 0 Å². The highest BCUT2D eigenvalue weighted by molar-refractivity contribution is 5.28. The minimum atomic E-state index is 0.295. The molecule has 0 atom stereocenters. The number of hydrogen-bond donors (Lipinski definition) is 1. The maximum absolute atomic E-state index is 5.65. The molecule has 2 rings (SSSR count). The van der Waals surface area contributed by atoms with Crippen molar-refractivity contribution in [1.82, 2.24) is 15.5 Å². The van der Waals surface area contributed by atoms with Crippen molar-refractivity contribution in [1.29, 1.82) is 0 Å². The Morgan fingerprint density at radius 1 is 1.35 bits per heavy atom. The molecule has 5 heteroatoms. The number of nitrogens with one attached hydrogen (secondary N) is 1. The van der Waals surface area contributed by atoms with Gasteiger partial charge in [0.05, 0.1) is 0 Å². The summed E-state index contributed by atoms with van der Waals surface area (Å²) in [5.41, 5.74) is 1.20. The van der Waals surface area contributed by atoms with E-state index in [0.29, 0.717) is 24.2 Å². The van der Waals surface area contributed by atoms with E-state index in [9.17, 15) is 0 Å². The number of aryl methyl sites for hydroxylation is 1. The van der Waals surface area contributed by atoms with E-state index in [0.717, 1.165) is 18.8 Å². The van der Waals surface area contributed by atoms with E-state index in [2.05, 4.69) is 35.4 Å². The lowest BCUT2D eigenvalue weighted by Gasteiger charge is -2.09. The maximum Gasteiger partial charge on any atom is 0.264 e. The molecule has 1 N–H and O–H groups in total. The second-order valence-electron chi connectivity index (χ2n) is 5.20. The predicted octanol–water partition coefficient (Wildman–Crippen LogP) is 2.70. The van der Waals surface area contributed by atoms with Crippen LogP contribution < -0.4 is 10.1 Å². The first kappa shape index (κ1) is 14.5. The molecule has 108 valence electrons. The fourth-order valence-electron chi connectivity index (χ4n) is 1.79. The summed E-state index contributed by atoms with van der Waals surface area (Å²) in [5, 5.41) is 7.14. The molecule has 0 bridgehead atoms. The zero-order valence-corrected chi connectivity index (χ0v) is 12.2. The Morgan fingerprint density at radius 2 is 2.20 bits per heavy atom. The fourth-order valence-corrected chi connectivity index (χ4v) is 1.79. The standard InChI is InChI=1S/C15H21N3O2/c1-11(2)8-16-9-13-5-4-6-14(7-13)19-10-15-17-12(3)18-20-15/h4-7,11,16H,8-10H2,1-3H3. The molecule has 1 aromatic carbocycles. The Morgan fingerprint density at radius 3 is 2.90 bits per heavy atom. The van der Waals surface area contributed by atoms with E-state index >= 15 is 0 Å². The van der Waals surface area contributed by atoms with Gasteiger partial charge >= 0.3 is 0 Å². The third-order valence-electron chi connectivity index (χ3n) is 2.71. The number of rotatable bonds is 7. The molecule has 0 unspecified atom stereocenters. The van der Waals surface area contributed by atoms with Crippen LogP contribution in [0.25, 0.3) is 0 Å². The van der Waals surface area contributed by atoms with Gasteiger partial charge in [-0.15, -0.1) is 0 Å². The predicted molar refractivity (Wildman–Crippen MR) is 76.4 cm³/mol. The van der Waals surface area contributed by atoms with Crippen LogP contribution in [0.1, 0.15) is 31.1 Å². The lowest BCUT2D eigenvalue weighted by molar-refractivity contribution is 0.242. The Bertz CT molecular complexity index is 537. The van der Waals surface area contributed by atoms with Crippen LogP contribution in [0.2, 0.25) is 0 Å². The molecule has 5 nitrogen and oxygen atoms in total. The summed E-state index contributed by atoms with van der Waals surface area (Å²) in [6, 6.07) is 8.02. The molecule has 0 amide bonds. The molecule has 1 heterocycles. The minimum Gasteiger partial charge on any atom is -0.484 e. The third-order valence-corrected chi connectivity index (χ3v) is 2.71. The Balaban J connectivity index is 1.85. The van der Waals surface area contributed by atoms with Gasteiger partial charge in [0.2, 0.25) is 0 Å². The molecule has 0 aliphatic rings. The highest BCUT2D eigenvalue weighted by atomic mass is 16.5. The first-order valence-corrected chi connectivity index (χ1v) is 6.85. The first-order chi connectivity index (χ1) is 9.63. The largest absolute Gasteiger partial charge is 0.484 e. The quantitative estimate of drug-likeness (QED) is 0.842. The molecule has 0 spiro atoms. The fraction of sp³-hybridized carbons (Fsp3) is 0.467. The van der Waals surface area contributed by atoms with Crippen LogP contribution in [-0.2, 0) is 13.2 Å². The van der Waals surface area contributed by atoms with Gasteiger partial charge in [0.1, 0.15) is 5.75 Å².